The van der Waals surface area contributed by atoms with Gasteiger partial charge in [0, 0.05) is 33.2 Å². The molecule has 58 heavy (non-hydrogen) atoms. The van der Waals surface area contributed by atoms with Gasteiger partial charge >= 0.3 is 0 Å². The van der Waals surface area contributed by atoms with Crippen LogP contribution in [0.25, 0.3) is 83.9 Å². The monoisotopic (exact) mass is 750 g/mol. The normalized spacial score (nSPS) is 15.1. The molecule has 2 aromatic heterocycles. The van der Waals surface area contributed by atoms with E-state index in [4.69, 9.17) is 15.0 Å². The Morgan fingerprint density at radius 3 is 1.33 bits per heavy atom. The van der Waals surface area contributed by atoms with E-state index in [9.17, 15) is 0 Å². The molecule has 2 heterocycles. The molecule has 0 bridgehead atoms. The fourth-order valence-electron chi connectivity index (χ4n) is 9.30. The highest BCUT2D eigenvalue weighted by Crippen LogP contribution is 2.62. The number of para-hydroxylation sites is 2. The topological polar surface area (TPSA) is 43.6 Å². The average molecular weight is 751 g/mol. The van der Waals surface area contributed by atoms with Crippen molar-refractivity contribution in [1.82, 2.24) is 19.5 Å². The van der Waals surface area contributed by atoms with E-state index in [0.29, 0.717) is 17.5 Å². The van der Waals surface area contributed by atoms with E-state index < -0.39 is 0 Å². The van der Waals surface area contributed by atoms with Crippen LogP contribution in [0.1, 0.15) is 52.7 Å². The van der Waals surface area contributed by atoms with Crippen LogP contribution in [0.5, 0.6) is 0 Å². The third-order valence-electron chi connectivity index (χ3n) is 13.8. The molecule has 0 unspecified atom stereocenters. The van der Waals surface area contributed by atoms with Gasteiger partial charge in [-0.2, -0.15) is 0 Å². The van der Waals surface area contributed by atoms with Crippen molar-refractivity contribution in [3.8, 4) is 62.1 Å². The molecular weight excluding hydrogens is 705 g/mol. The second kappa shape index (κ2) is 13.2. The number of hydrogen-bond acceptors (Lipinski definition) is 3. The fraction of sp³-hybridized carbons (Fsp3) is 0.167. The second-order valence-electron chi connectivity index (χ2n) is 17.4. The van der Waals surface area contributed by atoms with Gasteiger partial charge < -0.3 is 4.57 Å². The molecule has 282 valence electrons. The Balaban J connectivity index is 1.16. The van der Waals surface area contributed by atoms with Crippen molar-refractivity contribution < 1.29 is 0 Å². The summed E-state index contributed by atoms with van der Waals surface area (Å²) in [5, 5.41) is 2.51. The molecule has 0 fully saturated rings. The van der Waals surface area contributed by atoms with Crippen LogP contribution >= 0.6 is 0 Å². The minimum atomic E-state index is -0.0463. The number of aromatic nitrogens is 4. The molecule has 4 heteroatoms. The predicted molar refractivity (Wildman–Crippen MR) is 241 cm³/mol. The van der Waals surface area contributed by atoms with Crippen LogP contribution in [-0.2, 0) is 10.8 Å². The van der Waals surface area contributed by atoms with E-state index in [1.807, 2.05) is 60.7 Å². The maximum absolute atomic E-state index is 5.02. The zero-order valence-electron chi connectivity index (χ0n) is 34.0. The van der Waals surface area contributed by atoms with Gasteiger partial charge in [-0.05, 0) is 86.0 Å². The lowest BCUT2D eigenvalue weighted by molar-refractivity contribution is 0.125. The highest BCUT2D eigenvalue weighted by Gasteiger charge is 2.57. The van der Waals surface area contributed by atoms with Crippen LogP contribution in [0.2, 0.25) is 0 Å². The third-order valence-corrected chi connectivity index (χ3v) is 13.8. The fourth-order valence-corrected chi connectivity index (χ4v) is 9.30. The number of nitrogens with zero attached hydrogens (tertiary/aromatic N) is 4. The van der Waals surface area contributed by atoms with Crippen molar-refractivity contribution in [3.63, 3.8) is 0 Å². The third kappa shape index (κ3) is 5.46. The van der Waals surface area contributed by atoms with E-state index in [2.05, 4.69) is 155 Å². The molecule has 9 aromatic rings. The van der Waals surface area contributed by atoms with Gasteiger partial charge in [0.1, 0.15) is 0 Å². The largest absolute Gasteiger partial charge is 0.309 e. The average Bonchev–Trinajstić information content (AvgIpc) is 3.64. The Morgan fingerprint density at radius 1 is 0.362 bits per heavy atom. The molecule has 10 rings (SSSR count). The van der Waals surface area contributed by atoms with E-state index in [-0.39, 0.29) is 16.2 Å². The first-order valence-corrected chi connectivity index (χ1v) is 20.3. The summed E-state index contributed by atoms with van der Waals surface area (Å²) in [7, 11) is 0. The van der Waals surface area contributed by atoms with Crippen LogP contribution in [0.15, 0.2) is 170 Å². The van der Waals surface area contributed by atoms with Crippen molar-refractivity contribution in [2.75, 3.05) is 0 Å². The van der Waals surface area contributed by atoms with E-state index in [1.165, 1.54) is 49.6 Å². The van der Waals surface area contributed by atoms with Gasteiger partial charge in [0.25, 0.3) is 0 Å². The van der Waals surface area contributed by atoms with Gasteiger partial charge in [0.2, 0.25) is 0 Å². The molecule has 0 N–H and O–H groups in total. The smallest absolute Gasteiger partial charge is 0.164 e. The molecule has 4 nitrogen and oxygen atoms in total. The number of hydrogen-bond donors (Lipinski definition) is 0. The maximum Gasteiger partial charge on any atom is 0.164 e. The zero-order chi connectivity index (χ0) is 39.8. The molecule has 1 aliphatic carbocycles. The lowest BCUT2D eigenvalue weighted by Gasteiger charge is -2.44. The van der Waals surface area contributed by atoms with Gasteiger partial charge in [-0.1, -0.05) is 175 Å². The van der Waals surface area contributed by atoms with Crippen molar-refractivity contribution in [2.24, 2.45) is 5.41 Å². The number of benzene rings is 7. The lowest BCUT2D eigenvalue weighted by Crippen LogP contribution is -2.42. The minimum absolute atomic E-state index is 0.0252. The molecule has 0 amide bonds. The first kappa shape index (κ1) is 35.7. The molecule has 1 aliphatic rings. The summed E-state index contributed by atoms with van der Waals surface area (Å²) >= 11 is 0. The van der Waals surface area contributed by atoms with Crippen molar-refractivity contribution in [3.05, 3.63) is 181 Å². The minimum Gasteiger partial charge on any atom is -0.309 e. The van der Waals surface area contributed by atoms with Crippen molar-refractivity contribution in [2.45, 2.75) is 52.4 Å². The molecule has 0 saturated heterocycles. The number of rotatable bonds is 6. The summed E-state index contributed by atoms with van der Waals surface area (Å²) in [5.74, 6) is 1.97. The van der Waals surface area contributed by atoms with Crippen molar-refractivity contribution >= 4 is 21.8 Å². The van der Waals surface area contributed by atoms with E-state index in [1.54, 1.807) is 0 Å². The second-order valence-corrected chi connectivity index (χ2v) is 17.4. The van der Waals surface area contributed by atoms with Crippen LogP contribution in [-0.4, -0.2) is 19.5 Å². The van der Waals surface area contributed by atoms with Gasteiger partial charge in [0.05, 0.1) is 11.0 Å². The zero-order valence-corrected chi connectivity index (χ0v) is 34.0. The first-order chi connectivity index (χ1) is 28.0. The van der Waals surface area contributed by atoms with Gasteiger partial charge in [-0.15, -0.1) is 0 Å². The lowest BCUT2D eigenvalue weighted by atomic mass is 9.59. The van der Waals surface area contributed by atoms with Crippen molar-refractivity contribution in [1.29, 1.82) is 0 Å². The Hall–Kier alpha value is -6.65. The molecule has 0 spiro atoms. The summed E-state index contributed by atoms with van der Waals surface area (Å²) in [4.78, 5) is 15.0. The van der Waals surface area contributed by atoms with Gasteiger partial charge in [0.15, 0.2) is 17.5 Å². The summed E-state index contributed by atoms with van der Waals surface area (Å²) in [6, 6.07) is 60.7. The highest BCUT2D eigenvalue weighted by atomic mass is 15.0. The predicted octanol–water partition coefficient (Wildman–Crippen LogP) is 13.9. The Morgan fingerprint density at radius 2 is 0.776 bits per heavy atom. The highest BCUT2D eigenvalue weighted by molar-refractivity contribution is 6.10. The van der Waals surface area contributed by atoms with Crippen LogP contribution < -0.4 is 0 Å². The first-order valence-electron chi connectivity index (χ1n) is 20.3. The summed E-state index contributed by atoms with van der Waals surface area (Å²) in [6.45, 7) is 14.6. The van der Waals surface area contributed by atoms with Gasteiger partial charge in [-0.25, -0.2) is 15.0 Å². The molecular formula is C54H46N4. The Kier molecular flexibility index (Phi) is 8.14. The van der Waals surface area contributed by atoms with E-state index >= 15 is 0 Å². The quantitative estimate of drug-likeness (QED) is 0.170. The summed E-state index contributed by atoms with van der Waals surface area (Å²) < 4.78 is 2.41. The number of fused-ring (bicyclic) bond motifs is 4. The maximum atomic E-state index is 5.02. The van der Waals surface area contributed by atoms with E-state index in [0.717, 1.165) is 27.9 Å². The Labute approximate surface area is 340 Å². The molecule has 0 atom stereocenters. The van der Waals surface area contributed by atoms with Gasteiger partial charge in [-0.3, -0.25) is 0 Å². The standard InChI is InChI=1S/C54H46N4/c1-52(2)45-33-43(35-26-28-38(29-27-35)51-56-49(36-18-10-7-11-19-36)55-50(57-51)37-20-12-8-13-21-37)44(34-46(45)53(3,4)54(52,5)6)39-30-31-42-41-24-16-17-25-47(41)58(48(42)32-39)40-22-14-9-15-23-40/h7-34H,1-6H3. The van der Waals surface area contributed by atoms with Crippen LogP contribution in [0.3, 0.4) is 0 Å². The summed E-state index contributed by atoms with van der Waals surface area (Å²) in [5.41, 5.74) is 14.0. The summed E-state index contributed by atoms with van der Waals surface area (Å²) in [6.07, 6.45) is 0. The molecule has 0 saturated carbocycles. The molecule has 7 aromatic carbocycles. The van der Waals surface area contributed by atoms with Crippen LogP contribution in [0, 0.1) is 5.41 Å². The SMILES string of the molecule is CC1(C)c2cc(-c3ccc(-c4nc(-c5ccccc5)nc(-c5ccccc5)n4)cc3)c(-c3ccc4c5ccccc5n(-c5ccccc5)c4c3)cc2C(C)(C)C1(C)C. The molecule has 0 radical (unpaired) electrons. The van der Waals surface area contributed by atoms with Crippen LogP contribution in [0.4, 0.5) is 0 Å². The Bertz CT molecular complexity index is 2940. The molecule has 0 aliphatic heterocycles.